The monoisotopic (exact) mass is 200 g/mol. The van der Waals surface area contributed by atoms with Crippen molar-refractivity contribution in [2.24, 2.45) is 11.7 Å². The molecule has 4 heteroatoms. The van der Waals surface area contributed by atoms with E-state index in [0.29, 0.717) is 6.42 Å². The zero-order valence-corrected chi connectivity index (χ0v) is 8.78. The predicted octanol–water partition coefficient (Wildman–Crippen LogP) is 0.520. The topological polar surface area (TPSA) is 66.6 Å². The largest absolute Gasteiger partial charge is 0.480 e. The van der Waals surface area contributed by atoms with Gasteiger partial charge in [-0.15, -0.1) is 0 Å². The Balaban J connectivity index is 2.20. The Morgan fingerprint density at radius 2 is 2.43 bits per heavy atom. The standard InChI is InChI=1S/C10H20N2O2/c1-8-3-2-5-12(7-8)6-4-9(11)10(13)14/h8-9H,2-7,11H2,1H3,(H,13,14)/t8?,9-/m1/s1. The molecular formula is C10H20N2O2. The Hall–Kier alpha value is -0.610. The number of aliphatic carboxylic acids is 1. The number of piperidine rings is 1. The van der Waals surface area contributed by atoms with Crippen molar-refractivity contribution in [3.63, 3.8) is 0 Å². The van der Waals surface area contributed by atoms with Gasteiger partial charge in [0.15, 0.2) is 0 Å². The van der Waals surface area contributed by atoms with Gasteiger partial charge in [-0.2, -0.15) is 0 Å². The van der Waals surface area contributed by atoms with E-state index in [1.165, 1.54) is 12.8 Å². The SMILES string of the molecule is CC1CCCN(CC[C@@H](N)C(=O)O)C1. The molecule has 1 heterocycles. The van der Waals surface area contributed by atoms with Crippen LogP contribution in [0.1, 0.15) is 26.2 Å². The van der Waals surface area contributed by atoms with Crippen molar-refractivity contribution in [2.45, 2.75) is 32.2 Å². The van der Waals surface area contributed by atoms with Gasteiger partial charge in [-0.25, -0.2) is 0 Å². The molecule has 0 bridgehead atoms. The highest BCUT2D eigenvalue weighted by molar-refractivity contribution is 5.72. The van der Waals surface area contributed by atoms with Crippen LogP contribution in [0.25, 0.3) is 0 Å². The molecule has 1 aliphatic rings. The fourth-order valence-corrected chi connectivity index (χ4v) is 1.93. The van der Waals surface area contributed by atoms with Crippen molar-refractivity contribution < 1.29 is 9.90 Å². The lowest BCUT2D eigenvalue weighted by atomic mass is 10.00. The molecule has 0 radical (unpaired) electrons. The fraction of sp³-hybridized carbons (Fsp3) is 0.900. The van der Waals surface area contributed by atoms with E-state index in [0.717, 1.165) is 25.6 Å². The number of nitrogens with zero attached hydrogens (tertiary/aromatic N) is 1. The molecule has 2 atom stereocenters. The maximum atomic E-state index is 10.5. The van der Waals surface area contributed by atoms with E-state index < -0.39 is 12.0 Å². The van der Waals surface area contributed by atoms with Gasteiger partial charge in [-0.05, 0) is 31.7 Å². The second kappa shape index (κ2) is 5.32. The molecule has 1 saturated heterocycles. The molecule has 1 fully saturated rings. The number of carboxylic acids is 1. The first kappa shape index (κ1) is 11.5. The lowest BCUT2D eigenvalue weighted by molar-refractivity contribution is -0.138. The highest BCUT2D eigenvalue weighted by Crippen LogP contribution is 2.15. The average Bonchev–Trinajstić information content (AvgIpc) is 2.14. The van der Waals surface area contributed by atoms with Gasteiger partial charge < -0.3 is 15.7 Å². The molecule has 0 aliphatic carbocycles. The maximum Gasteiger partial charge on any atom is 0.320 e. The third-order valence-electron chi connectivity index (χ3n) is 2.81. The normalized spacial score (nSPS) is 26.0. The number of carboxylic acid groups (broad SMARTS) is 1. The summed E-state index contributed by atoms with van der Waals surface area (Å²) in [6.45, 7) is 5.24. The van der Waals surface area contributed by atoms with E-state index in [9.17, 15) is 4.79 Å². The number of nitrogens with two attached hydrogens (primary N) is 1. The third-order valence-corrected chi connectivity index (χ3v) is 2.81. The second-order valence-corrected chi connectivity index (χ2v) is 4.28. The summed E-state index contributed by atoms with van der Waals surface area (Å²) in [6, 6.07) is -0.702. The molecule has 0 aromatic carbocycles. The smallest absolute Gasteiger partial charge is 0.320 e. The highest BCUT2D eigenvalue weighted by atomic mass is 16.4. The minimum Gasteiger partial charge on any atom is -0.480 e. The first-order chi connectivity index (χ1) is 6.59. The molecule has 0 aromatic rings. The lowest BCUT2D eigenvalue weighted by Gasteiger charge is -2.31. The van der Waals surface area contributed by atoms with E-state index in [1.807, 2.05) is 0 Å². The van der Waals surface area contributed by atoms with Gasteiger partial charge in [-0.3, -0.25) is 4.79 Å². The van der Waals surface area contributed by atoms with Crippen molar-refractivity contribution in [2.75, 3.05) is 19.6 Å². The number of hydrogen-bond acceptors (Lipinski definition) is 3. The summed E-state index contributed by atoms with van der Waals surface area (Å²) >= 11 is 0. The molecule has 1 aliphatic heterocycles. The van der Waals surface area contributed by atoms with E-state index in [2.05, 4.69) is 11.8 Å². The summed E-state index contributed by atoms with van der Waals surface area (Å²) in [7, 11) is 0. The third kappa shape index (κ3) is 3.64. The van der Waals surface area contributed by atoms with Gasteiger partial charge in [0.2, 0.25) is 0 Å². The summed E-state index contributed by atoms with van der Waals surface area (Å²) in [5, 5.41) is 8.62. The van der Waals surface area contributed by atoms with Crippen molar-refractivity contribution in [1.82, 2.24) is 4.90 Å². The Bertz CT molecular complexity index is 197. The van der Waals surface area contributed by atoms with Crippen LogP contribution in [-0.4, -0.2) is 41.7 Å². The Morgan fingerprint density at radius 3 is 3.00 bits per heavy atom. The van der Waals surface area contributed by atoms with Crippen LogP contribution in [0.2, 0.25) is 0 Å². The van der Waals surface area contributed by atoms with Gasteiger partial charge in [0.05, 0.1) is 0 Å². The average molecular weight is 200 g/mol. The Morgan fingerprint density at radius 1 is 1.71 bits per heavy atom. The first-order valence-corrected chi connectivity index (χ1v) is 5.30. The summed E-state index contributed by atoms with van der Waals surface area (Å²) in [5.41, 5.74) is 5.44. The Kier molecular flexibility index (Phi) is 4.35. The van der Waals surface area contributed by atoms with Crippen LogP contribution >= 0.6 is 0 Å². The zero-order chi connectivity index (χ0) is 10.6. The summed E-state index contributed by atoms with van der Waals surface area (Å²) in [6.07, 6.45) is 3.08. The van der Waals surface area contributed by atoms with E-state index >= 15 is 0 Å². The van der Waals surface area contributed by atoms with Crippen molar-refractivity contribution in [3.05, 3.63) is 0 Å². The molecule has 3 N–H and O–H groups in total. The molecule has 1 unspecified atom stereocenters. The molecule has 0 amide bonds. The van der Waals surface area contributed by atoms with E-state index in [-0.39, 0.29) is 0 Å². The number of rotatable bonds is 4. The number of carbonyl (C=O) groups is 1. The quantitative estimate of drug-likeness (QED) is 0.694. The van der Waals surface area contributed by atoms with Crippen LogP contribution in [0.15, 0.2) is 0 Å². The number of likely N-dealkylation sites (tertiary alicyclic amines) is 1. The van der Waals surface area contributed by atoms with E-state index in [4.69, 9.17) is 10.8 Å². The molecule has 0 spiro atoms. The van der Waals surface area contributed by atoms with Gasteiger partial charge in [0, 0.05) is 13.1 Å². The van der Waals surface area contributed by atoms with Gasteiger partial charge >= 0.3 is 5.97 Å². The summed E-state index contributed by atoms with van der Waals surface area (Å²) in [5.74, 6) is -0.153. The van der Waals surface area contributed by atoms with Crippen LogP contribution in [0, 0.1) is 5.92 Å². The van der Waals surface area contributed by atoms with Crippen LogP contribution in [0.4, 0.5) is 0 Å². The molecule has 1 rings (SSSR count). The van der Waals surface area contributed by atoms with Crippen LogP contribution < -0.4 is 5.73 Å². The minimum atomic E-state index is -0.893. The summed E-state index contributed by atoms with van der Waals surface area (Å²) < 4.78 is 0. The van der Waals surface area contributed by atoms with Crippen LogP contribution in [0.3, 0.4) is 0 Å². The van der Waals surface area contributed by atoms with Crippen LogP contribution in [0.5, 0.6) is 0 Å². The minimum absolute atomic E-state index is 0.558. The second-order valence-electron chi connectivity index (χ2n) is 4.28. The molecule has 14 heavy (non-hydrogen) atoms. The molecule has 0 saturated carbocycles. The first-order valence-electron chi connectivity index (χ1n) is 5.30. The maximum absolute atomic E-state index is 10.5. The van der Waals surface area contributed by atoms with Crippen LogP contribution in [-0.2, 0) is 4.79 Å². The molecular weight excluding hydrogens is 180 g/mol. The van der Waals surface area contributed by atoms with Crippen molar-refractivity contribution in [3.8, 4) is 0 Å². The van der Waals surface area contributed by atoms with Gasteiger partial charge in [0.25, 0.3) is 0 Å². The van der Waals surface area contributed by atoms with Crippen molar-refractivity contribution >= 4 is 5.97 Å². The van der Waals surface area contributed by atoms with Gasteiger partial charge in [-0.1, -0.05) is 6.92 Å². The number of hydrogen-bond donors (Lipinski definition) is 2. The summed E-state index contributed by atoms with van der Waals surface area (Å²) in [4.78, 5) is 12.8. The fourth-order valence-electron chi connectivity index (χ4n) is 1.93. The Labute approximate surface area is 85.1 Å². The lowest BCUT2D eigenvalue weighted by Crippen LogP contribution is -2.39. The highest BCUT2D eigenvalue weighted by Gasteiger charge is 2.18. The molecule has 82 valence electrons. The molecule has 4 nitrogen and oxygen atoms in total. The predicted molar refractivity (Wildman–Crippen MR) is 55.1 cm³/mol. The molecule has 0 aromatic heterocycles. The van der Waals surface area contributed by atoms with E-state index in [1.54, 1.807) is 0 Å². The zero-order valence-electron chi connectivity index (χ0n) is 8.78. The van der Waals surface area contributed by atoms with Gasteiger partial charge in [0.1, 0.15) is 6.04 Å². The van der Waals surface area contributed by atoms with Crippen molar-refractivity contribution in [1.29, 1.82) is 0 Å².